The highest BCUT2D eigenvalue weighted by Crippen LogP contribution is 2.20. The maximum Gasteiger partial charge on any atom is 0.187 e. The molecule has 1 N–H and O–H groups in total. The molecule has 88 valence electrons. The van der Waals surface area contributed by atoms with E-state index in [4.69, 9.17) is 4.74 Å². The van der Waals surface area contributed by atoms with Gasteiger partial charge in [-0.15, -0.1) is 11.3 Å². The normalized spacial score (nSPS) is 17.3. The van der Waals surface area contributed by atoms with Gasteiger partial charge in [-0.3, -0.25) is 4.90 Å². The van der Waals surface area contributed by atoms with Crippen molar-refractivity contribution in [3.8, 4) is 0 Å². The van der Waals surface area contributed by atoms with Gasteiger partial charge in [0, 0.05) is 36.4 Å². The highest BCUT2D eigenvalue weighted by molar-refractivity contribution is 7.15. The summed E-state index contributed by atoms with van der Waals surface area (Å²) in [5.41, 5.74) is 0.923. The van der Waals surface area contributed by atoms with Gasteiger partial charge < -0.3 is 10.1 Å². The van der Waals surface area contributed by atoms with Gasteiger partial charge in [0.05, 0.1) is 13.2 Å². The lowest BCUT2D eigenvalue weighted by atomic mass is 10.4. The molecule has 1 aliphatic heterocycles. The summed E-state index contributed by atoms with van der Waals surface area (Å²) >= 11 is 1.69. The number of ether oxygens (including phenoxy) is 1. The first-order chi connectivity index (χ1) is 7.74. The van der Waals surface area contributed by atoms with Crippen LogP contribution in [0.3, 0.4) is 0 Å². The Morgan fingerprint density at radius 2 is 2.38 bits per heavy atom. The number of aromatic nitrogens is 1. The Bertz CT molecular complexity index is 358. The van der Waals surface area contributed by atoms with Crippen molar-refractivity contribution in [2.75, 3.05) is 31.6 Å². The summed E-state index contributed by atoms with van der Waals surface area (Å²) in [5, 5.41) is 4.06. The molecule has 1 saturated heterocycles. The molecule has 2 rings (SSSR count). The number of hydrogen-bond donors (Lipinski definition) is 1. The molecule has 0 amide bonds. The van der Waals surface area contributed by atoms with E-state index in [9.17, 15) is 0 Å². The number of anilines is 1. The van der Waals surface area contributed by atoms with E-state index in [0.717, 1.165) is 43.7 Å². The topological polar surface area (TPSA) is 37.4 Å². The van der Waals surface area contributed by atoms with Gasteiger partial charge in [0.1, 0.15) is 0 Å². The molecule has 0 unspecified atom stereocenters. The molecule has 1 fully saturated rings. The van der Waals surface area contributed by atoms with E-state index in [1.54, 1.807) is 11.3 Å². The van der Waals surface area contributed by atoms with Gasteiger partial charge in [0.2, 0.25) is 0 Å². The molecule has 4 nitrogen and oxygen atoms in total. The lowest BCUT2D eigenvalue weighted by Gasteiger charge is -2.25. The first-order valence-corrected chi connectivity index (χ1v) is 6.23. The van der Waals surface area contributed by atoms with Crippen LogP contribution < -0.4 is 5.32 Å². The molecule has 0 atom stereocenters. The summed E-state index contributed by atoms with van der Waals surface area (Å²) < 4.78 is 5.32. The van der Waals surface area contributed by atoms with Crippen LogP contribution in [0.25, 0.3) is 0 Å². The van der Waals surface area contributed by atoms with E-state index >= 15 is 0 Å². The average molecular weight is 239 g/mol. The Balaban J connectivity index is 1.88. The second-order valence-electron chi connectivity index (χ2n) is 3.93. The van der Waals surface area contributed by atoms with E-state index in [1.807, 2.05) is 13.1 Å². The molecule has 2 heterocycles. The van der Waals surface area contributed by atoms with E-state index < -0.39 is 0 Å². The van der Waals surface area contributed by atoms with Gasteiger partial charge in [0.15, 0.2) is 5.13 Å². The van der Waals surface area contributed by atoms with E-state index in [2.05, 4.69) is 21.8 Å². The zero-order chi connectivity index (χ0) is 11.4. The lowest BCUT2D eigenvalue weighted by molar-refractivity contribution is 0.0346. The predicted molar refractivity (Wildman–Crippen MR) is 66.6 cm³/mol. The van der Waals surface area contributed by atoms with E-state index in [0.29, 0.717) is 0 Å². The summed E-state index contributed by atoms with van der Waals surface area (Å²) in [5.74, 6) is 0. The van der Waals surface area contributed by atoms with Crippen molar-refractivity contribution in [3.05, 3.63) is 23.3 Å². The summed E-state index contributed by atoms with van der Waals surface area (Å²) in [4.78, 5) is 7.98. The molecule has 1 aromatic rings. The highest BCUT2D eigenvalue weighted by Gasteiger charge is 2.12. The zero-order valence-electron chi connectivity index (χ0n) is 9.53. The predicted octanol–water partition coefficient (Wildman–Crippen LogP) is 1.92. The first kappa shape index (κ1) is 11.6. The average Bonchev–Trinajstić information content (AvgIpc) is 2.66. The number of nitrogens with zero attached hydrogens (tertiary/aromatic N) is 2. The first-order valence-electron chi connectivity index (χ1n) is 5.41. The van der Waals surface area contributed by atoms with Crippen LogP contribution in [0, 0.1) is 0 Å². The third-order valence-corrected chi connectivity index (χ3v) is 3.25. The molecule has 0 bridgehead atoms. The van der Waals surface area contributed by atoms with Crippen LogP contribution in [-0.4, -0.2) is 36.2 Å². The fourth-order valence-corrected chi connectivity index (χ4v) is 2.53. The Kier molecular flexibility index (Phi) is 3.93. The van der Waals surface area contributed by atoms with Crippen LogP contribution in [0.5, 0.6) is 0 Å². The summed E-state index contributed by atoms with van der Waals surface area (Å²) in [6, 6.07) is 0. The summed E-state index contributed by atoms with van der Waals surface area (Å²) in [6.45, 7) is 10.4. The lowest BCUT2D eigenvalue weighted by Crippen LogP contribution is -2.35. The minimum atomic E-state index is 0.843. The van der Waals surface area contributed by atoms with Crippen molar-refractivity contribution >= 4 is 16.5 Å². The Morgan fingerprint density at radius 1 is 1.62 bits per heavy atom. The molecule has 16 heavy (non-hydrogen) atoms. The van der Waals surface area contributed by atoms with Crippen molar-refractivity contribution in [2.45, 2.75) is 13.5 Å². The van der Waals surface area contributed by atoms with E-state index in [-0.39, 0.29) is 0 Å². The molecule has 0 aliphatic carbocycles. The van der Waals surface area contributed by atoms with E-state index in [1.165, 1.54) is 4.88 Å². The number of morpholine rings is 1. The van der Waals surface area contributed by atoms with Crippen molar-refractivity contribution < 1.29 is 4.74 Å². The van der Waals surface area contributed by atoms with Crippen LogP contribution in [0.4, 0.5) is 5.13 Å². The molecular weight excluding hydrogens is 222 g/mol. The summed E-state index contributed by atoms with van der Waals surface area (Å²) in [6.07, 6.45) is 1.94. The molecule has 1 aliphatic rings. The molecule has 0 radical (unpaired) electrons. The molecule has 0 aromatic carbocycles. The van der Waals surface area contributed by atoms with Crippen molar-refractivity contribution in [2.24, 2.45) is 0 Å². The number of thiazole rings is 1. The smallest absolute Gasteiger partial charge is 0.187 e. The standard InChI is InChI=1S/C11H17N3OS/c1-9(2)13-11-12-7-10(16-11)8-14-3-5-15-6-4-14/h7H,1,3-6,8H2,2H3,(H,12,13). The summed E-state index contributed by atoms with van der Waals surface area (Å²) in [7, 11) is 0. The number of nitrogens with one attached hydrogen (secondary N) is 1. The SMILES string of the molecule is C=C(C)Nc1ncc(CN2CCOCC2)s1. The minimum Gasteiger partial charge on any atom is -0.379 e. The fraction of sp³-hybridized carbons (Fsp3) is 0.545. The van der Waals surface area contributed by atoms with Crippen molar-refractivity contribution in [1.29, 1.82) is 0 Å². The van der Waals surface area contributed by atoms with Gasteiger partial charge in [-0.1, -0.05) is 6.58 Å². The monoisotopic (exact) mass is 239 g/mol. The molecule has 0 spiro atoms. The fourth-order valence-electron chi connectivity index (χ4n) is 1.60. The van der Waals surface area contributed by atoms with Crippen LogP contribution >= 0.6 is 11.3 Å². The second kappa shape index (κ2) is 5.43. The van der Waals surface area contributed by atoms with Gasteiger partial charge >= 0.3 is 0 Å². The second-order valence-corrected chi connectivity index (χ2v) is 5.04. The number of allylic oxidation sites excluding steroid dienone is 1. The number of rotatable bonds is 4. The Morgan fingerprint density at radius 3 is 3.06 bits per heavy atom. The van der Waals surface area contributed by atoms with Gasteiger partial charge in [0.25, 0.3) is 0 Å². The van der Waals surface area contributed by atoms with Crippen LogP contribution in [0.1, 0.15) is 11.8 Å². The van der Waals surface area contributed by atoms with Crippen LogP contribution in [0.2, 0.25) is 0 Å². The largest absolute Gasteiger partial charge is 0.379 e. The Hall–Kier alpha value is -0.910. The Labute approximate surface area is 99.9 Å². The number of hydrogen-bond acceptors (Lipinski definition) is 5. The molecule has 0 saturated carbocycles. The van der Waals surface area contributed by atoms with Crippen molar-refractivity contribution in [3.63, 3.8) is 0 Å². The quantitative estimate of drug-likeness (QED) is 0.871. The molecule has 5 heteroatoms. The van der Waals surface area contributed by atoms with Gasteiger partial charge in [-0.2, -0.15) is 0 Å². The molecular formula is C11H17N3OS. The maximum atomic E-state index is 5.32. The third kappa shape index (κ3) is 3.30. The zero-order valence-corrected chi connectivity index (χ0v) is 10.3. The third-order valence-electron chi connectivity index (χ3n) is 2.36. The highest BCUT2D eigenvalue weighted by atomic mass is 32.1. The maximum absolute atomic E-state index is 5.32. The minimum absolute atomic E-state index is 0.843. The van der Waals surface area contributed by atoms with Crippen LogP contribution in [-0.2, 0) is 11.3 Å². The van der Waals surface area contributed by atoms with Crippen LogP contribution in [0.15, 0.2) is 18.5 Å². The molecule has 1 aromatic heterocycles. The van der Waals surface area contributed by atoms with Crippen molar-refractivity contribution in [1.82, 2.24) is 9.88 Å². The van der Waals surface area contributed by atoms with Gasteiger partial charge in [-0.25, -0.2) is 4.98 Å². The van der Waals surface area contributed by atoms with Gasteiger partial charge in [-0.05, 0) is 6.92 Å².